The van der Waals surface area contributed by atoms with Crippen molar-refractivity contribution in [1.82, 2.24) is 15.4 Å². The fourth-order valence-corrected chi connectivity index (χ4v) is 4.85. The predicted octanol–water partition coefficient (Wildman–Crippen LogP) is 2.99. The average molecular weight is 447 g/mol. The maximum absolute atomic E-state index is 12.8. The molecule has 0 aliphatic carbocycles. The van der Waals surface area contributed by atoms with Crippen LogP contribution in [-0.2, 0) is 23.0 Å². The SMILES string of the molecule is CN=C(NCCc1cc(C)ccc1OC)NCc1ccccc1S(=O)(=O)NC(C)(C)C. The number of hydrogen-bond acceptors (Lipinski definition) is 4. The molecule has 0 amide bonds. The molecule has 2 rings (SSSR count). The molecule has 8 heteroatoms. The lowest BCUT2D eigenvalue weighted by molar-refractivity contribution is 0.409. The summed E-state index contributed by atoms with van der Waals surface area (Å²) < 4.78 is 33.7. The molecule has 0 bridgehead atoms. The first-order valence-electron chi connectivity index (χ1n) is 10.3. The fraction of sp³-hybridized carbons (Fsp3) is 0.435. The van der Waals surface area contributed by atoms with E-state index in [1.54, 1.807) is 32.4 Å². The van der Waals surface area contributed by atoms with Crippen LogP contribution in [0, 0.1) is 6.92 Å². The second-order valence-electron chi connectivity index (χ2n) is 8.38. The first kappa shape index (κ1) is 24.7. The molecule has 31 heavy (non-hydrogen) atoms. The van der Waals surface area contributed by atoms with Gasteiger partial charge in [-0.05, 0) is 57.4 Å². The summed E-state index contributed by atoms with van der Waals surface area (Å²) in [7, 11) is -0.277. The van der Waals surface area contributed by atoms with Crippen LogP contribution in [0.5, 0.6) is 5.75 Å². The van der Waals surface area contributed by atoms with E-state index in [-0.39, 0.29) is 4.90 Å². The Labute approximate surface area is 186 Å². The van der Waals surface area contributed by atoms with Crippen molar-refractivity contribution in [3.8, 4) is 5.75 Å². The number of ether oxygens (including phenoxy) is 1. The molecule has 170 valence electrons. The van der Waals surface area contributed by atoms with Crippen molar-refractivity contribution in [3.05, 3.63) is 59.2 Å². The Balaban J connectivity index is 2.02. The minimum absolute atomic E-state index is 0.261. The first-order chi connectivity index (χ1) is 14.6. The molecule has 0 unspecified atom stereocenters. The molecule has 0 aliphatic heterocycles. The van der Waals surface area contributed by atoms with Gasteiger partial charge in [-0.25, -0.2) is 13.1 Å². The van der Waals surface area contributed by atoms with E-state index in [4.69, 9.17) is 4.74 Å². The maximum Gasteiger partial charge on any atom is 0.241 e. The van der Waals surface area contributed by atoms with Gasteiger partial charge in [0.25, 0.3) is 0 Å². The van der Waals surface area contributed by atoms with Gasteiger partial charge < -0.3 is 15.4 Å². The lowest BCUT2D eigenvalue weighted by Gasteiger charge is -2.22. The van der Waals surface area contributed by atoms with E-state index in [1.165, 1.54) is 5.56 Å². The monoisotopic (exact) mass is 446 g/mol. The summed E-state index contributed by atoms with van der Waals surface area (Å²) in [5.74, 6) is 1.46. The van der Waals surface area contributed by atoms with Crippen molar-refractivity contribution in [2.24, 2.45) is 4.99 Å². The molecular formula is C23H34N4O3S. The number of methoxy groups -OCH3 is 1. The zero-order chi connectivity index (χ0) is 23.1. The van der Waals surface area contributed by atoms with Crippen LogP contribution < -0.4 is 20.1 Å². The molecule has 0 radical (unpaired) electrons. The molecule has 2 aromatic carbocycles. The van der Waals surface area contributed by atoms with Crippen LogP contribution in [0.3, 0.4) is 0 Å². The Bertz CT molecular complexity index is 1010. The van der Waals surface area contributed by atoms with Crippen LogP contribution in [0.4, 0.5) is 0 Å². The number of rotatable bonds is 8. The highest BCUT2D eigenvalue weighted by Crippen LogP contribution is 2.20. The smallest absolute Gasteiger partial charge is 0.241 e. The van der Waals surface area contributed by atoms with E-state index in [1.807, 2.05) is 39.0 Å². The summed E-state index contributed by atoms with van der Waals surface area (Å²) in [5.41, 5.74) is 2.41. The van der Waals surface area contributed by atoms with Gasteiger partial charge in [-0.15, -0.1) is 0 Å². The first-order valence-corrected chi connectivity index (χ1v) is 11.7. The molecular weight excluding hydrogens is 412 g/mol. The van der Waals surface area contributed by atoms with Gasteiger partial charge in [0.1, 0.15) is 5.75 Å². The lowest BCUT2D eigenvalue weighted by Crippen LogP contribution is -2.41. The van der Waals surface area contributed by atoms with Crippen molar-refractivity contribution >= 4 is 16.0 Å². The number of benzene rings is 2. The van der Waals surface area contributed by atoms with Gasteiger partial charge in [0.15, 0.2) is 5.96 Å². The van der Waals surface area contributed by atoms with E-state index < -0.39 is 15.6 Å². The lowest BCUT2D eigenvalue weighted by atomic mass is 10.1. The number of guanidine groups is 1. The van der Waals surface area contributed by atoms with E-state index >= 15 is 0 Å². The molecule has 3 N–H and O–H groups in total. The van der Waals surface area contributed by atoms with E-state index in [2.05, 4.69) is 33.3 Å². The second-order valence-corrected chi connectivity index (χ2v) is 10.0. The summed E-state index contributed by atoms with van der Waals surface area (Å²) >= 11 is 0. The minimum Gasteiger partial charge on any atom is -0.496 e. The Morgan fingerprint density at radius 1 is 1.06 bits per heavy atom. The molecule has 2 aromatic rings. The molecule has 0 heterocycles. The zero-order valence-corrected chi connectivity index (χ0v) is 20.1. The molecule has 7 nitrogen and oxygen atoms in total. The summed E-state index contributed by atoms with van der Waals surface area (Å²) in [6.07, 6.45) is 0.770. The van der Waals surface area contributed by atoms with Gasteiger partial charge in [0.2, 0.25) is 10.0 Å². The van der Waals surface area contributed by atoms with Crippen LogP contribution >= 0.6 is 0 Å². The van der Waals surface area contributed by atoms with Crippen molar-refractivity contribution < 1.29 is 13.2 Å². The van der Waals surface area contributed by atoms with Gasteiger partial charge in [-0.1, -0.05) is 35.9 Å². The van der Waals surface area contributed by atoms with Gasteiger partial charge in [-0.2, -0.15) is 0 Å². The molecule has 0 spiro atoms. The molecule has 0 saturated heterocycles. The van der Waals surface area contributed by atoms with Crippen LogP contribution in [-0.4, -0.2) is 40.6 Å². The number of nitrogens with one attached hydrogen (secondary N) is 3. The van der Waals surface area contributed by atoms with E-state index in [0.717, 1.165) is 17.7 Å². The summed E-state index contributed by atoms with van der Waals surface area (Å²) in [4.78, 5) is 4.51. The molecule has 0 fully saturated rings. The third kappa shape index (κ3) is 7.56. The molecule has 0 saturated carbocycles. The third-order valence-corrected chi connectivity index (χ3v) is 6.35. The van der Waals surface area contributed by atoms with Crippen molar-refractivity contribution in [2.45, 2.75) is 51.1 Å². The zero-order valence-electron chi connectivity index (χ0n) is 19.2. The molecule has 0 aromatic heterocycles. The summed E-state index contributed by atoms with van der Waals surface area (Å²) in [6, 6.07) is 13.1. The number of hydrogen-bond donors (Lipinski definition) is 3. The minimum atomic E-state index is -3.63. The van der Waals surface area contributed by atoms with Crippen LogP contribution in [0.2, 0.25) is 0 Å². The second kappa shape index (κ2) is 10.6. The topological polar surface area (TPSA) is 91.8 Å². The quantitative estimate of drug-likeness (QED) is 0.428. The highest BCUT2D eigenvalue weighted by molar-refractivity contribution is 7.89. The fourth-order valence-electron chi connectivity index (χ4n) is 3.19. The van der Waals surface area contributed by atoms with Crippen LogP contribution in [0.15, 0.2) is 52.4 Å². The Morgan fingerprint density at radius 2 is 1.77 bits per heavy atom. The predicted molar refractivity (Wildman–Crippen MR) is 126 cm³/mol. The van der Waals surface area contributed by atoms with Crippen molar-refractivity contribution in [3.63, 3.8) is 0 Å². The maximum atomic E-state index is 12.8. The van der Waals surface area contributed by atoms with Gasteiger partial charge in [0, 0.05) is 25.7 Å². The number of sulfonamides is 1. The number of aryl methyl sites for hydroxylation is 1. The normalized spacial score (nSPS) is 12.5. The Morgan fingerprint density at radius 3 is 2.42 bits per heavy atom. The highest BCUT2D eigenvalue weighted by atomic mass is 32.2. The Hall–Kier alpha value is -2.58. The van der Waals surface area contributed by atoms with Crippen molar-refractivity contribution in [1.29, 1.82) is 0 Å². The van der Waals surface area contributed by atoms with E-state index in [0.29, 0.717) is 24.6 Å². The summed E-state index contributed by atoms with van der Waals surface area (Å²) in [6.45, 7) is 8.50. The highest BCUT2D eigenvalue weighted by Gasteiger charge is 2.24. The van der Waals surface area contributed by atoms with Crippen LogP contribution in [0.25, 0.3) is 0 Å². The van der Waals surface area contributed by atoms with Gasteiger partial charge in [-0.3, -0.25) is 4.99 Å². The standard InChI is InChI=1S/C23H34N4O3S/c1-17-11-12-20(30-6)18(15-17)13-14-25-22(24-5)26-16-19-9-7-8-10-21(19)31(28,29)27-23(2,3)4/h7-12,15,27H,13-14,16H2,1-6H3,(H2,24,25,26). The average Bonchev–Trinajstić information content (AvgIpc) is 2.69. The van der Waals surface area contributed by atoms with Gasteiger partial charge in [0.05, 0.1) is 12.0 Å². The van der Waals surface area contributed by atoms with Gasteiger partial charge >= 0.3 is 0 Å². The largest absolute Gasteiger partial charge is 0.496 e. The van der Waals surface area contributed by atoms with Crippen LogP contribution in [0.1, 0.15) is 37.5 Å². The van der Waals surface area contributed by atoms with E-state index in [9.17, 15) is 8.42 Å². The van der Waals surface area contributed by atoms with Crippen molar-refractivity contribution in [2.75, 3.05) is 20.7 Å². The molecule has 0 aliphatic rings. The number of aliphatic imine (C=N–C) groups is 1. The number of nitrogens with zero attached hydrogens (tertiary/aromatic N) is 1. The third-order valence-electron chi connectivity index (χ3n) is 4.50. The molecule has 0 atom stereocenters. The summed E-state index contributed by atoms with van der Waals surface area (Å²) in [5, 5.41) is 6.48. The Kier molecular flexibility index (Phi) is 8.47.